The second kappa shape index (κ2) is 7.25. The van der Waals surface area contributed by atoms with Crippen LogP contribution in [0.4, 0.5) is 0 Å². The van der Waals surface area contributed by atoms with Gasteiger partial charge in [-0.3, -0.25) is 4.79 Å². The second-order valence-corrected chi connectivity index (χ2v) is 7.82. The topological polar surface area (TPSA) is 66.5 Å². The molecule has 0 spiro atoms. The van der Waals surface area contributed by atoms with Crippen molar-refractivity contribution in [1.82, 2.24) is 9.62 Å². The Morgan fingerprint density at radius 2 is 1.65 bits per heavy atom. The van der Waals surface area contributed by atoms with Crippen LogP contribution in [-0.4, -0.2) is 33.3 Å². The summed E-state index contributed by atoms with van der Waals surface area (Å²) >= 11 is 3.37. The lowest BCUT2D eigenvalue weighted by atomic mass is 10.1. The van der Waals surface area contributed by atoms with E-state index in [2.05, 4.69) is 20.7 Å². The van der Waals surface area contributed by atoms with Crippen molar-refractivity contribution < 1.29 is 13.2 Å². The van der Waals surface area contributed by atoms with E-state index in [1.807, 2.05) is 24.3 Å². The van der Waals surface area contributed by atoms with Gasteiger partial charge in [-0.2, -0.15) is 0 Å². The van der Waals surface area contributed by atoms with E-state index in [0.717, 1.165) is 10.0 Å². The first kappa shape index (κ1) is 17.7. The van der Waals surface area contributed by atoms with Crippen LogP contribution in [0, 0.1) is 0 Å². The number of halogens is 1. The number of sulfonamides is 1. The maximum Gasteiger partial charge on any atom is 0.253 e. The summed E-state index contributed by atoms with van der Waals surface area (Å²) in [5.41, 5.74) is 1.46. The number of benzene rings is 2. The van der Waals surface area contributed by atoms with Crippen LogP contribution in [-0.2, 0) is 16.6 Å². The van der Waals surface area contributed by atoms with Gasteiger partial charge in [-0.1, -0.05) is 28.1 Å². The van der Waals surface area contributed by atoms with Gasteiger partial charge in [0.05, 0.1) is 4.90 Å². The Morgan fingerprint density at radius 1 is 1.09 bits per heavy atom. The van der Waals surface area contributed by atoms with Crippen molar-refractivity contribution in [2.45, 2.75) is 11.4 Å². The number of carbonyl (C=O) groups is 1. The predicted molar refractivity (Wildman–Crippen MR) is 92.6 cm³/mol. The van der Waals surface area contributed by atoms with Crippen LogP contribution in [0.3, 0.4) is 0 Å². The number of carbonyl (C=O) groups excluding carboxylic acids is 1. The zero-order valence-electron chi connectivity index (χ0n) is 12.8. The lowest BCUT2D eigenvalue weighted by Gasteiger charge is -2.17. The Balaban J connectivity index is 2.12. The number of nitrogens with zero attached hydrogens (tertiary/aromatic N) is 1. The van der Waals surface area contributed by atoms with E-state index in [1.54, 1.807) is 11.9 Å². The summed E-state index contributed by atoms with van der Waals surface area (Å²) in [7, 11) is -0.434. The molecule has 1 N–H and O–H groups in total. The predicted octanol–water partition coefficient (Wildman–Crippen LogP) is 2.63. The molecule has 0 bridgehead atoms. The first-order valence-electron chi connectivity index (χ1n) is 6.87. The zero-order valence-corrected chi connectivity index (χ0v) is 15.2. The van der Waals surface area contributed by atoms with Gasteiger partial charge in [0.2, 0.25) is 10.0 Å². The van der Waals surface area contributed by atoms with Gasteiger partial charge in [0.25, 0.3) is 5.91 Å². The van der Waals surface area contributed by atoms with Crippen molar-refractivity contribution >= 4 is 31.9 Å². The molecule has 0 aliphatic carbocycles. The van der Waals surface area contributed by atoms with Crippen LogP contribution in [0.1, 0.15) is 15.9 Å². The van der Waals surface area contributed by atoms with Gasteiger partial charge in [-0.15, -0.1) is 0 Å². The summed E-state index contributed by atoms with van der Waals surface area (Å²) in [6.07, 6.45) is 0. The Labute approximate surface area is 144 Å². The number of nitrogens with one attached hydrogen (secondary N) is 1. The van der Waals surface area contributed by atoms with E-state index in [4.69, 9.17) is 0 Å². The van der Waals surface area contributed by atoms with Crippen LogP contribution in [0.25, 0.3) is 0 Å². The third-order valence-corrected chi connectivity index (χ3v) is 5.32. The first-order chi connectivity index (χ1) is 10.8. The van der Waals surface area contributed by atoms with Gasteiger partial charge in [-0.25, -0.2) is 13.1 Å². The van der Waals surface area contributed by atoms with Crippen LogP contribution in [0.15, 0.2) is 57.9 Å². The standard InChI is InChI=1S/C16H17BrN2O3S/c1-18-23(21,22)15-9-5-13(6-10-15)16(20)19(2)11-12-3-7-14(17)8-4-12/h3-10,18H,11H2,1-2H3. The van der Waals surface area contributed by atoms with Crippen molar-refractivity contribution in [1.29, 1.82) is 0 Å². The van der Waals surface area contributed by atoms with E-state index in [9.17, 15) is 13.2 Å². The van der Waals surface area contributed by atoms with Crippen molar-refractivity contribution in [3.8, 4) is 0 Å². The summed E-state index contributed by atoms with van der Waals surface area (Å²) in [5, 5.41) is 0. The van der Waals surface area contributed by atoms with Gasteiger partial charge in [0.1, 0.15) is 0 Å². The minimum Gasteiger partial charge on any atom is -0.337 e. The molecule has 1 amide bonds. The molecule has 7 heteroatoms. The lowest BCUT2D eigenvalue weighted by Crippen LogP contribution is -2.26. The number of hydrogen-bond donors (Lipinski definition) is 1. The SMILES string of the molecule is CNS(=O)(=O)c1ccc(C(=O)N(C)Cc2ccc(Br)cc2)cc1. The van der Waals surface area contributed by atoms with Gasteiger partial charge in [-0.05, 0) is 49.0 Å². The van der Waals surface area contributed by atoms with Crippen molar-refractivity contribution in [3.05, 3.63) is 64.1 Å². The van der Waals surface area contributed by atoms with Gasteiger partial charge in [0.15, 0.2) is 0 Å². The smallest absolute Gasteiger partial charge is 0.253 e. The molecule has 2 aromatic rings. The van der Waals surface area contributed by atoms with E-state index >= 15 is 0 Å². The molecule has 0 heterocycles. The maximum absolute atomic E-state index is 12.4. The van der Waals surface area contributed by atoms with Crippen molar-refractivity contribution in [2.24, 2.45) is 0 Å². The number of hydrogen-bond acceptors (Lipinski definition) is 3. The highest BCUT2D eigenvalue weighted by atomic mass is 79.9. The fourth-order valence-electron chi connectivity index (χ4n) is 2.05. The Bertz CT molecular complexity index is 787. The van der Waals surface area contributed by atoms with Crippen LogP contribution in [0.2, 0.25) is 0 Å². The highest BCUT2D eigenvalue weighted by Crippen LogP contribution is 2.15. The summed E-state index contributed by atoms with van der Waals surface area (Å²) in [5.74, 6) is -0.165. The normalized spacial score (nSPS) is 11.3. The van der Waals surface area contributed by atoms with Crippen molar-refractivity contribution in [2.75, 3.05) is 14.1 Å². The average Bonchev–Trinajstić information content (AvgIpc) is 2.56. The lowest BCUT2D eigenvalue weighted by molar-refractivity contribution is 0.0785. The van der Waals surface area contributed by atoms with Gasteiger partial charge < -0.3 is 4.90 Å². The van der Waals surface area contributed by atoms with Crippen LogP contribution < -0.4 is 4.72 Å². The molecule has 5 nitrogen and oxygen atoms in total. The molecule has 0 fully saturated rings. The third kappa shape index (κ3) is 4.40. The van der Waals surface area contributed by atoms with Gasteiger partial charge in [0, 0.05) is 23.6 Å². The summed E-state index contributed by atoms with van der Waals surface area (Å²) < 4.78 is 26.6. The molecule has 0 saturated heterocycles. The first-order valence-corrected chi connectivity index (χ1v) is 9.14. The number of rotatable bonds is 5. The molecule has 0 atom stereocenters. The zero-order chi connectivity index (χ0) is 17.0. The Hall–Kier alpha value is -1.70. The molecule has 0 aromatic heterocycles. The van der Waals surface area contributed by atoms with E-state index in [0.29, 0.717) is 12.1 Å². The third-order valence-electron chi connectivity index (χ3n) is 3.36. The maximum atomic E-state index is 12.4. The Kier molecular flexibility index (Phi) is 5.56. The van der Waals surface area contributed by atoms with E-state index in [-0.39, 0.29) is 10.8 Å². The van der Waals surface area contributed by atoms with Crippen molar-refractivity contribution in [3.63, 3.8) is 0 Å². The fourth-order valence-corrected chi connectivity index (χ4v) is 3.04. The molecule has 2 aromatic carbocycles. The summed E-state index contributed by atoms with van der Waals surface area (Å²) in [6, 6.07) is 13.6. The van der Waals surface area contributed by atoms with Crippen LogP contribution in [0.5, 0.6) is 0 Å². The Morgan fingerprint density at radius 3 is 2.17 bits per heavy atom. The quantitative estimate of drug-likeness (QED) is 0.844. The van der Waals surface area contributed by atoms with Crippen LogP contribution >= 0.6 is 15.9 Å². The summed E-state index contributed by atoms with van der Waals surface area (Å²) in [6.45, 7) is 0.475. The molecule has 0 saturated carbocycles. The minimum atomic E-state index is -3.49. The van der Waals surface area contributed by atoms with E-state index < -0.39 is 10.0 Å². The largest absolute Gasteiger partial charge is 0.337 e. The average molecular weight is 397 g/mol. The van der Waals surface area contributed by atoms with E-state index in [1.165, 1.54) is 31.3 Å². The second-order valence-electron chi connectivity index (χ2n) is 5.02. The monoisotopic (exact) mass is 396 g/mol. The molecular weight excluding hydrogens is 380 g/mol. The van der Waals surface area contributed by atoms with Gasteiger partial charge >= 0.3 is 0 Å². The molecule has 0 radical (unpaired) electrons. The highest BCUT2D eigenvalue weighted by molar-refractivity contribution is 9.10. The molecule has 122 valence electrons. The molecule has 0 aliphatic rings. The molecule has 2 rings (SSSR count). The summed E-state index contributed by atoms with van der Waals surface area (Å²) in [4.78, 5) is 14.1. The molecule has 0 unspecified atom stereocenters. The molecule has 0 aliphatic heterocycles. The number of amides is 1. The fraction of sp³-hybridized carbons (Fsp3) is 0.188. The minimum absolute atomic E-state index is 0.132. The molecular formula is C16H17BrN2O3S. The highest BCUT2D eigenvalue weighted by Gasteiger charge is 2.15. The molecule has 23 heavy (non-hydrogen) atoms.